The molecule has 0 aliphatic carbocycles. The van der Waals surface area contributed by atoms with Gasteiger partial charge in [-0.25, -0.2) is 4.98 Å². The lowest BCUT2D eigenvalue weighted by molar-refractivity contribution is -0.135. The lowest BCUT2D eigenvalue weighted by Crippen LogP contribution is -2.45. The normalized spacial score (nSPS) is 16.5. The Morgan fingerprint density at radius 1 is 1.19 bits per heavy atom. The van der Waals surface area contributed by atoms with Gasteiger partial charge in [-0.05, 0) is 52.7 Å². The monoisotopic (exact) mass is 435 g/mol. The second-order valence-electron chi connectivity index (χ2n) is 8.58. The van der Waals surface area contributed by atoms with E-state index in [4.69, 9.17) is 9.97 Å². The second-order valence-corrected chi connectivity index (χ2v) is 8.58. The molecule has 2 aromatic heterocycles. The Morgan fingerprint density at radius 2 is 1.94 bits per heavy atom. The topological polar surface area (TPSA) is 79.2 Å². The quantitative estimate of drug-likeness (QED) is 0.598. The Balaban J connectivity index is 1.70. The molecule has 4 rings (SSSR count). The number of hydrogen-bond donors (Lipinski definition) is 1. The third-order valence-corrected chi connectivity index (χ3v) is 6.13. The first-order valence-electron chi connectivity index (χ1n) is 11.6. The van der Waals surface area contributed by atoms with E-state index in [9.17, 15) is 4.79 Å². The largest absolute Gasteiger partial charge is 0.343 e. The molecule has 8 nitrogen and oxygen atoms in total. The summed E-state index contributed by atoms with van der Waals surface area (Å²) >= 11 is 0. The zero-order valence-electron chi connectivity index (χ0n) is 19.5. The van der Waals surface area contributed by atoms with Crippen LogP contribution in [0, 0.1) is 5.92 Å². The highest BCUT2D eigenvalue weighted by atomic mass is 16.2. The molecule has 1 aromatic carbocycles. The Morgan fingerprint density at radius 3 is 2.62 bits per heavy atom. The van der Waals surface area contributed by atoms with E-state index in [1.165, 1.54) is 0 Å². The van der Waals surface area contributed by atoms with E-state index in [1.807, 2.05) is 55.4 Å². The van der Waals surface area contributed by atoms with Crippen LogP contribution in [0.2, 0.25) is 0 Å². The fraction of sp³-hybridized carbons (Fsp3) is 0.500. The molecule has 0 radical (unpaired) electrons. The molecule has 1 amide bonds. The van der Waals surface area contributed by atoms with Crippen molar-refractivity contribution in [3.63, 3.8) is 0 Å². The number of carbonyl (C=O) groups excluding carboxylic acids is 1. The van der Waals surface area contributed by atoms with E-state index in [-0.39, 0.29) is 17.9 Å². The maximum Gasteiger partial charge on any atom is 0.229 e. The number of anilines is 3. The van der Waals surface area contributed by atoms with Crippen LogP contribution in [-0.2, 0) is 4.79 Å². The van der Waals surface area contributed by atoms with Crippen molar-refractivity contribution < 1.29 is 4.79 Å². The molecule has 8 heteroatoms. The second kappa shape index (κ2) is 9.54. The van der Waals surface area contributed by atoms with E-state index < -0.39 is 0 Å². The van der Waals surface area contributed by atoms with Gasteiger partial charge in [0.2, 0.25) is 11.9 Å². The van der Waals surface area contributed by atoms with E-state index in [2.05, 4.69) is 33.6 Å². The molecule has 3 aromatic rings. The minimum Gasteiger partial charge on any atom is -0.343 e. The van der Waals surface area contributed by atoms with Gasteiger partial charge in [-0.1, -0.05) is 18.2 Å². The molecule has 170 valence electrons. The summed E-state index contributed by atoms with van der Waals surface area (Å²) in [6.07, 6.45) is 3.68. The molecular weight excluding hydrogens is 402 g/mol. The molecular formula is C24H33N7O. The third-order valence-electron chi connectivity index (χ3n) is 6.13. The van der Waals surface area contributed by atoms with E-state index in [1.54, 1.807) is 0 Å². The summed E-state index contributed by atoms with van der Waals surface area (Å²) in [4.78, 5) is 31.5. The number of para-hydroxylation sites is 1. The Labute approximate surface area is 189 Å². The smallest absolute Gasteiger partial charge is 0.229 e. The van der Waals surface area contributed by atoms with Gasteiger partial charge < -0.3 is 19.7 Å². The van der Waals surface area contributed by atoms with Crippen LogP contribution in [0.5, 0.6) is 0 Å². The summed E-state index contributed by atoms with van der Waals surface area (Å²) in [6, 6.07) is 10.2. The average Bonchev–Trinajstić information content (AvgIpc) is 3.25. The van der Waals surface area contributed by atoms with Crippen molar-refractivity contribution >= 4 is 34.5 Å². The first-order valence-corrected chi connectivity index (χ1v) is 11.6. The van der Waals surface area contributed by atoms with Gasteiger partial charge in [0.15, 0.2) is 17.0 Å². The van der Waals surface area contributed by atoms with Gasteiger partial charge in [0.05, 0.1) is 12.2 Å². The van der Waals surface area contributed by atoms with E-state index in [0.29, 0.717) is 18.3 Å². The minimum absolute atomic E-state index is 0.0245. The van der Waals surface area contributed by atoms with Crippen LogP contribution in [0.15, 0.2) is 36.7 Å². The maximum absolute atomic E-state index is 13.0. The molecule has 1 atom stereocenters. The average molecular weight is 436 g/mol. The van der Waals surface area contributed by atoms with Crippen molar-refractivity contribution in [2.75, 3.05) is 36.4 Å². The summed E-state index contributed by atoms with van der Waals surface area (Å²) in [7, 11) is 0. The van der Waals surface area contributed by atoms with Crippen molar-refractivity contribution in [1.82, 2.24) is 24.4 Å². The number of fused-ring (bicyclic) bond motifs is 1. The van der Waals surface area contributed by atoms with E-state index >= 15 is 0 Å². The third kappa shape index (κ3) is 4.40. The lowest BCUT2D eigenvalue weighted by Gasteiger charge is -2.34. The van der Waals surface area contributed by atoms with E-state index in [0.717, 1.165) is 49.3 Å². The number of nitrogens with one attached hydrogen (secondary N) is 1. The van der Waals surface area contributed by atoms with Gasteiger partial charge in [0, 0.05) is 37.9 Å². The predicted octanol–water partition coefficient (Wildman–Crippen LogP) is 4.24. The summed E-state index contributed by atoms with van der Waals surface area (Å²) in [5, 5.41) is 3.42. The fourth-order valence-corrected chi connectivity index (χ4v) is 4.32. The predicted molar refractivity (Wildman–Crippen MR) is 128 cm³/mol. The molecule has 1 N–H and O–H groups in total. The van der Waals surface area contributed by atoms with Crippen molar-refractivity contribution in [3.05, 3.63) is 36.7 Å². The number of imidazole rings is 1. The van der Waals surface area contributed by atoms with Gasteiger partial charge in [-0.3, -0.25) is 4.79 Å². The Kier molecular flexibility index (Phi) is 6.58. The molecule has 0 saturated carbocycles. The molecule has 1 aliphatic heterocycles. The van der Waals surface area contributed by atoms with Gasteiger partial charge in [-0.15, -0.1) is 0 Å². The van der Waals surface area contributed by atoms with Crippen molar-refractivity contribution in [2.45, 2.75) is 46.6 Å². The fourth-order valence-electron chi connectivity index (χ4n) is 4.32. The first-order chi connectivity index (χ1) is 15.5. The molecule has 0 bridgehead atoms. The van der Waals surface area contributed by atoms with Gasteiger partial charge in [0.25, 0.3) is 0 Å². The van der Waals surface area contributed by atoms with Gasteiger partial charge >= 0.3 is 0 Å². The SMILES string of the molecule is CCN(CC)C(=O)C1CCCN(c2nc(Nc3ccccc3)c3ncn(C(C)C)c3n2)C1. The van der Waals surface area contributed by atoms with Crippen LogP contribution in [0.3, 0.4) is 0 Å². The maximum atomic E-state index is 13.0. The summed E-state index contributed by atoms with van der Waals surface area (Å²) in [5.41, 5.74) is 2.51. The van der Waals surface area contributed by atoms with Crippen molar-refractivity contribution in [3.8, 4) is 0 Å². The zero-order valence-corrected chi connectivity index (χ0v) is 19.5. The number of rotatable bonds is 7. The Hall–Kier alpha value is -3.16. The molecule has 3 heterocycles. The molecule has 1 saturated heterocycles. The van der Waals surface area contributed by atoms with Gasteiger partial charge in [0.1, 0.15) is 0 Å². The molecule has 0 spiro atoms. The van der Waals surface area contributed by atoms with Crippen LogP contribution in [0.25, 0.3) is 11.2 Å². The van der Waals surface area contributed by atoms with Crippen LogP contribution >= 0.6 is 0 Å². The number of nitrogens with zero attached hydrogens (tertiary/aromatic N) is 6. The molecule has 1 unspecified atom stereocenters. The number of benzene rings is 1. The highest BCUT2D eigenvalue weighted by molar-refractivity contribution is 5.87. The molecule has 32 heavy (non-hydrogen) atoms. The summed E-state index contributed by atoms with van der Waals surface area (Å²) in [6.45, 7) is 11.3. The molecule has 1 aliphatic rings. The van der Waals surface area contributed by atoms with Gasteiger partial charge in [-0.2, -0.15) is 9.97 Å². The standard InChI is InChI=1S/C24H33N7O/c1-5-29(6-2)23(32)18-11-10-14-30(15-18)24-27-21(26-19-12-8-7-9-13-19)20-22(28-24)31(16-25-20)17(3)4/h7-9,12-13,16-18H,5-6,10-11,14-15H2,1-4H3,(H,26,27,28). The number of hydrogen-bond acceptors (Lipinski definition) is 6. The van der Waals surface area contributed by atoms with Crippen molar-refractivity contribution in [2.24, 2.45) is 5.92 Å². The summed E-state index contributed by atoms with van der Waals surface area (Å²) in [5.74, 6) is 1.54. The minimum atomic E-state index is -0.0245. The van der Waals surface area contributed by atoms with Crippen LogP contribution in [-0.4, -0.2) is 56.5 Å². The molecule has 1 fully saturated rings. The highest BCUT2D eigenvalue weighted by Crippen LogP contribution is 2.29. The number of carbonyl (C=O) groups is 1. The van der Waals surface area contributed by atoms with Crippen LogP contribution in [0.4, 0.5) is 17.5 Å². The number of amides is 1. The first kappa shape index (κ1) is 22.0. The summed E-state index contributed by atoms with van der Waals surface area (Å²) < 4.78 is 2.07. The lowest BCUT2D eigenvalue weighted by atomic mass is 9.96. The number of aromatic nitrogens is 4. The Bertz CT molecular complexity index is 1060. The highest BCUT2D eigenvalue weighted by Gasteiger charge is 2.30. The zero-order chi connectivity index (χ0) is 22.7. The van der Waals surface area contributed by atoms with Crippen LogP contribution < -0.4 is 10.2 Å². The van der Waals surface area contributed by atoms with Crippen molar-refractivity contribution in [1.29, 1.82) is 0 Å². The van der Waals surface area contributed by atoms with Crippen LogP contribution in [0.1, 0.15) is 46.6 Å². The number of piperidine rings is 1.